The summed E-state index contributed by atoms with van der Waals surface area (Å²) >= 11 is 0. The van der Waals surface area contributed by atoms with E-state index in [9.17, 15) is 4.79 Å². The van der Waals surface area contributed by atoms with Crippen molar-refractivity contribution in [1.82, 2.24) is 0 Å². The number of amides is 1. The SMILES string of the molecule is CCc1cccc2c1NC(CC)C(=O)N2C. The minimum Gasteiger partial charge on any atom is -0.372 e. The van der Waals surface area contributed by atoms with E-state index in [-0.39, 0.29) is 11.9 Å². The largest absolute Gasteiger partial charge is 0.372 e. The summed E-state index contributed by atoms with van der Waals surface area (Å²) in [6.45, 7) is 4.16. The number of benzene rings is 1. The van der Waals surface area contributed by atoms with E-state index in [2.05, 4.69) is 18.3 Å². The van der Waals surface area contributed by atoms with Crippen LogP contribution < -0.4 is 10.2 Å². The third kappa shape index (κ3) is 1.56. The maximum atomic E-state index is 12.0. The highest BCUT2D eigenvalue weighted by atomic mass is 16.2. The normalized spacial score (nSPS) is 19.3. The molecule has 0 fully saturated rings. The summed E-state index contributed by atoms with van der Waals surface area (Å²) < 4.78 is 0. The summed E-state index contributed by atoms with van der Waals surface area (Å²) in [6, 6.07) is 6.04. The molecule has 1 aromatic rings. The molecular formula is C13H18N2O. The van der Waals surface area contributed by atoms with E-state index >= 15 is 0 Å². The lowest BCUT2D eigenvalue weighted by atomic mass is 10.0. The minimum absolute atomic E-state index is 0.0785. The summed E-state index contributed by atoms with van der Waals surface area (Å²) in [5.74, 6) is 0.156. The first-order chi connectivity index (χ1) is 7.69. The third-order valence-corrected chi connectivity index (χ3v) is 3.23. The molecule has 16 heavy (non-hydrogen) atoms. The van der Waals surface area contributed by atoms with E-state index in [4.69, 9.17) is 0 Å². The van der Waals surface area contributed by atoms with Crippen LogP contribution in [0, 0.1) is 0 Å². The summed E-state index contributed by atoms with van der Waals surface area (Å²) in [5, 5.41) is 3.36. The predicted molar refractivity (Wildman–Crippen MR) is 66.9 cm³/mol. The zero-order valence-electron chi connectivity index (χ0n) is 10.1. The molecule has 86 valence electrons. The Bertz CT molecular complexity index is 414. The van der Waals surface area contributed by atoms with Gasteiger partial charge in [0.1, 0.15) is 6.04 Å². The van der Waals surface area contributed by atoms with Crippen molar-refractivity contribution in [2.45, 2.75) is 32.7 Å². The Kier molecular flexibility index (Phi) is 2.86. The van der Waals surface area contributed by atoms with Crippen molar-refractivity contribution in [3.8, 4) is 0 Å². The number of aryl methyl sites for hydroxylation is 1. The Labute approximate surface area is 96.5 Å². The van der Waals surface area contributed by atoms with Crippen molar-refractivity contribution < 1.29 is 4.79 Å². The van der Waals surface area contributed by atoms with E-state index in [0.29, 0.717) is 0 Å². The van der Waals surface area contributed by atoms with Gasteiger partial charge >= 0.3 is 0 Å². The number of nitrogens with one attached hydrogen (secondary N) is 1. The first-order valence-electron chi connectivity index (χ1n) is 5.85. The number of rotatable bonds is 2. The van der Waals surface area contributed by atoms with Gasteiger partial charge in [-0.2, -0.15) is 0 Å². The van der Waals surface area contributed by atoms with Crippen LogP contribution in [-0.2, 0) is 11.2 Å². The second-order valence-corrected chi connectivity index (χ2v) is 4.17. The van der Waals surface area contributed by atoms with Crippen molar-refractivity contribution in [2.75, 3.05) is 17.3 Å². The molecule has 0 aromatic heterocycles. The monoisotopic (exact) mass is 218 g/mol. The molecule has 0 aliphatic carbocycles. The van der Waals surface area contributed by atoms with Crippen LogP contribution in [0.4, 0.5) is 11.4 Å². The fraction of sp³-hybridized carbons (Fsp3) is 0.462. The van der Waals surface area contributed by atoms with Crippen molar-refractivity contribution in [1.29, 1.82) is 0 Å². The smallest absolute Gasteiger partial charge is 0.249 e. The van der Waals surface area contributed by atoms with Gasteiger partial charge < -0.3 is 10.2 Å². The molecule has 3 nitrogen and oxygen atoms in total. The van der Waals surface area contributed by atoms with Crippen LogP contribution in [-0.4, -0.2) is 19.0 Å². The molecule has 3 heteroatoms. The van der Waals surface area contributed by atoms with Gasteiger partial charge in [-0.05, 0) is 24.5 Å². The van der Waals surface area contributed by atoms with E-state index in [1.165, 1.54) is 5.56 Å². The van der Waals surface area contributed by atoms with Crippen molar-refractivity contribution >= 4 is 17.3 Å². The fourth-order valence-electron chi connectivity index (χ4n) is 2.19. The number of anilines is 2. The summed E-state index contributed by atoms with van der Waals surface area (Å²) in [6.07, 6.45) is 1.80. The van der Waals surface area contributed by atoms with Crippen LogP contribution in [0.25, 0.3) is 0 Å². The number of likely N-dealkylation sites (N-methyl/N-ethyl adjacent to an activating group) is 1. The third-order valence-electron chi connectivity index (χ3n) is 3.23. The molecular weight excluding hydrogens is 200 g/mol. The first-order valence-corrected chi connectivity index (χ1v) is 5.85. The molecule has 0 bridgehead atoms. The van der Waals surface area contributed by atoms with E-state index in [1.54, 1.807) is 4.90 Å². The molecule has 0 saturated carbocycles. The molecule has 1 N–H and O–H groups in total. The fourth-order valence-corrected chi connectivity index (χ4v) is 2.19. The lowest BCUT2D eigenvalue weighted by molar-refractivity contribution is -0.119. The van der Waals surface area contributed by atoms with Crippen LogP contribution in [0.5, 0.6) is 0 Å². The molecule has 1 atom stereocenters. The van der Waals surface area contributed by atoms with Gasteiger partial charge in [-0.3, -0.25) is 4.79 Å². The molecule has 1 heterocycles. The average molecular weight is 218 g/mol. The second-order valence-electron chi connectivity index (χ2n) is 4.17. The van der Waals surface area contributed by atoms with Gasteiger partial charge in [0.25, 0.3) is 0 Å². The number of nitrogens with zero attached hydrogens (tertiary/aromatic N) is 1. The van der Waals surface area contributed by atoms with Gasteiger partial charge in [0.2, 0.25) is 5.91 Å². The van der Waals surface area contributed by atoms with Crippen LogP contribution in [0.1, 0.15) is 25.8 Å². The molecule has 0 spiro atoms. The highest BCUT2D eigenvalue weighted by molar-refractivity contribution is 6.05. The molecule has 1 aliphatic rings. The van der Waals surface area contributed by atoms with Gasteiger partial charge in [0.15, 0.2) is 0 Å². The molecule has 1 aliphatic heterocycles. The number of hydrogen-bond donors (Lipinski definition) is 1. The van der Waals surface area contributed by atoms with Crippen molar-refractivity contribution in [2.24, 2.45) is 0 Å². The van der Waals surface area contributed by atoms with Gasteiger partial charge in [0, 0.05) is 7.05 Å². The second kappa shape index (κ2) is 4.16. The van der Waals surface area contributed by atoms with Crippen LogP contribution >= 0.6 is 0 Å². The van der Waals surface area contributed by atoms with E-state index < -0.39 is 0 Å². The van der Waals surface area contributed by atoms with Gasteiger partial charge in [-0.15, -0.1) is 0 Å². The summed E-state index contributed by atoms with van der Waals surface area (Å²) in [5.41, 5.74) is 3.39. The zero-order chi connectivity index (χ0) is 11.7. The van der Waals surface area contributed by atoms with E-state index in [0.717, 1.165) is 24.2 Å². The molecule has 1 aromatic carbocycles. The molecule has 1 unspecified atom stereocenters. The highest BCUT2D eigenvalue weighted by Gasteiger charge is 2.29. The van der Waals surface area contributed by atoms with Crippen molar-refractivity contribution in [3.63, 3.8) is 0 Å². The molecule has 2 rings (SSSR count). The predicted octanol–water partition coefficient (Wildman–Crippen LogP) is 2.42. The number of hydrogen-bond acceptors (Lipinski definition) is 2. The number of fused-ring (bicyclic) bond motifs is 1. The average Bonchev–Trinajstić information content (AvgIpc) is 2.33. The maximum Gasteiger partial charge on any atom is 0.249 e. The van der Waals surface area contributed by atoms with Gasteiger partial charge in [-0.1, -0.05) is 26.0 Å². The Morgan fingerprint density at radius 2 is 2.12 bits per heavy atom. The summed E-state index contributed by atoms with van der Waals surface area (Å²) in [7, 11) is 1.85. The number of para-hydroxylation sites is 1. The zero-order valence-corrected chi connectivity index (χ0v) is 10.1. The van der Waals surface area contributed by atoms with Crippen molar-refractivity contribution in [3.05, 3.63) is 23.8 Å². The lowest BCUT2D eigenvalue weighted by Gasteiger charge is -2.33. The van der Waals surface area contributed by atoms with Gasteiger partial charge in [-0.25, -0.2) is 0 Å². The number of carbonyl (C=O) groups excluding carboxylic acids is 1. The Hall–Kier alpha value is -1.51. The van der Waals surface area contributed by atoms with Crippen LogP contribution in [0.3, 0.4) is 0 Å². The molecule has 1 amide bonds. The molecule has 0 radical (unpaired) electrons. The quantitative estimate of drug-likeness (QED) is 0.826. The maximum absolute atomic E-state index is 12.0. The summed E-state index contributed by atoms with van der Waals surface area (Å²) in [4.78, 5) is 13.7. The molecule has 0 saturated heterocycles. The number of carbonyl (C=O) groups is 1. The van der Waals surface area contributed by atoms with Gasteiger partial charge in [0.05, 0.1) is 11.4 Å². The highest BCUT2D eigenvalue weighted by Crippen LogP contribution is 2.34. The van der Waals surface area contributed by atoms with E-state index in [1.807, 2.05) is 26.1 Å². The minimum atomic E-state index is -0.0785. The topological polar surface area (TPSA) is 32.3 Å². The Morgan fingerprint density at radius 3 is 2.75 bits per heavy atom. The van der Waals surface area contributed by atoms with Crippen LogP contribution in [0.2, 0.25) is 0 Å². The first kappa shape index (κ1) is 11.0. The Balaban J connectivity index is 2.49. The standard InChI is InChI=1S/C13H18N2O/c1-4-9-7-6-8-11-12(9)14-10(5-2)13(16)15(11)3/h6-8,10,14H,4-5H2,1-3H3. The lowest BCUT2D eigenvalue weighted by Crippen LogP contribution is -2.45. The van der Waals surface area contributed by atoms with Crippen LogP contribution in [0.15, 0.2) is 18.2 Å². The Morgan fingerprint density at radius 1 is 1.38 bits per heavy atom.